The molecule has 0 aromatic rings. The summed E-state index contributed by atoms with van der Waals surface area (Å²) >= 11 is 5.56. The van der Waals surface area contributed by atoms with Crippen LogP contribution >= 0.6 is 11.6 Å². The molecule has 1 heterocycles. The van der Waals surface area contributed by atoms with Crippen LogP contribution in [0, 0.1) is 0 Å². The average Bonchev–Trinajstić information content (AvgIpc) is 1.80. The fourth-order valence-corrected chi connectivity index (χ4v) is 1.01. The van der Waals surface area contributed by atoms with Crippen LogP contribution in [0.4, 0.5) is 0 Å². The van der Waals surface area contributed by atoms with Crippen molar-refractivity contribution in [2.45, 2.75) is 31.2 Å². The minimum absolute atomic E-state index is 0.0625. The Bertz CT molecular complexity index is 124. The maximum atomic E-state index is 10.7. The van der Waals surface area contributed by atoms with Gasteiger partial charge in [-0.2, -0.15) is 0 Å². The highest BCUT2D eigenvalue weighted by molar-refractivity contribution is 6.30. The largest absolute Gasteiger partial charge is 0.462 e. The van der Waals surface area contributed by atoms with Crippen molar-refractivity contribution in [3.8, 4) is 0 Å². The number of cyclic esters (lactones) is 1. The molecule has 2 atom stereocenters. The smallest absolute Gasteiger partial charge is 0.324 e. The molecule has 0 radical (unpaired) electrons. The van der Waals surface area contributed by atoms with Gasteiger partial charge in [0.25, 0.3) is 0 Å². The maximum absolute atomic E-state index is 10.7. The van der Waals surface area contributed by atoms with Crippen molar-refractivity contribution in [1.29, 1.82) is 0 Å². The predicted molar refractivity (Wildman–Crippen MR) is 34.4 cm³/mol. The van der Waals surface area contributed by atoms with E-state index in [2.05, 4.69) is 0 Å². The summed E-state index contributed by atoms with van der Waals surface area (Å²) < 4.78 is 4.83. The molecule has 0 spiro atoms. The van der Waals surface area contributed by atoms with Crippen molar-refractivity contribution in [2.24, 2.45) is 0 Å². The Morgan fingerprint density at radius 3 is 2.78 bits per heavy atom. The molecule has 2 unspecified atom stereocenters. The number of esters is 1. The molecule has 0 bridgehead atoms. The molecule has 0 aliphatic carbocycles. The third kappa shape index (κ3) is 1.58. The minimum atomic E-state index is -0.402. The Balaban J connectivity index is 2.44. The summed E-state index contributed by atoms with van der Waals surface area (Å²) in [6.45, 7) is 1.88. The fraction of sp³-hybridized carbons (Fsp3) is 0.833. The summed E-state index contributed by atoms with van der Waals surface area (Å²) in [4.78, 5) is 10.7. The Hall–Kier alpha value is -0.240. The number of ether oxygens (including phenoxy) is 1. The lowest BCUT2D eigenvalue weighted by Crippen LogP contribution is -2.29. The Morgan fingerprint density at radius 1 is 1.67 bits per heavy atom. The number of alkyl halides is 1. The summed E-state index contributed by atoms with van der Waals surface area (Å²) in [5, 5.41) is -0.402. The zero-order valence-corrected chi connectivity index (χ0v) is 6.02. The fourth-order valence-electron chi connectivity index (χ4n) is 0.830. The van der Waals surface area contributed by atoms with E-state index in [1.807, 2.05) is 6.92 Å². The molecule has 1 aliphatic heterocycles. The molecule has 1 rings (SSSR count). The van der Waals surface area contributed by atoms with Crippen molar-refractivity contribution in [1.82, 2.24) is 0 Å². The number of rotatable bonds is 0. The highest BCUT2D eigenvalue weighted by atomic mass is 35.5. The van der Waals surface area contributed by atoms with Crippen molar-refractivity contribution in [3.05, 3.63) is 0 Å². The van der Waals surface area contributed by atoms with Gasteiger partial charge < -0.3 is 4.74 Å². The van der Waals surface area contributed by atoms with Crippen LogP contribution in [0.1, 0.15) is 19.8 Å². The number of carbonyl (C=O) groups excluding carboxylic acids is 1. The van der Waals surface area contributed by atoms with E-state index in [-0.39, 0.29) is 12.1 Å². The number of hydrogen-bond donors (Lipinski definition) is 0. The number of carbonyl (C=O) groups is 1. The van der Waals surface area contributed by atoms with E-state index in [0.29, 0.717) is 0 Å². The van der Waals surface area contributed by atoms with Crippen molar-refractivity contribution in [3.63, 3.8) is 0 Å². The quantitative estimate of drug-likeness (QED) is 0.383. The van der Waals surface area contributed by atoms with Gasteiger partial charge in [0.1, 0.15) is 5.38 Å². The lowest BCUT2D eigenvalue weighted by Gasteiger charge is -2.21. The molecular weight excluding hydrogens is 140 g/mol. The zero-order chi connectivity index (χ0) is 6.85. The number of hydrogen-bond acceptors (Lipinski definition) is 2. The summed E-state index contributed by atoms with van der Waals surface area (Å²) in [5.74, 6) is -0.268. The van der Waals surface area contributed by atoms with Crippen LogP contribution in [0.2, 0.25) is 0 Å². The first-order chi connectivity index (χ1) is 4.20. The Kier molecular flexibility index (Phi) is 1.96. The molecular formula is C6H9ClO2. The zero-order valence-electron chi connectivity index (χ0n) is 5.26. The third-order valence-electron chi connectivity index (χ3n) is 1.40. The van der Waals surface area contributed by atoms with Gasteiger partial charge in [0.2, 0.25) is 0 Å². The van der Waals surface area contributed by atoms with Gasteiger partial charge in [-0.3, -0.25) is 4.79 Å². The van der Waals surface area contributed by atoms with E-state index >= 15 is 0 Å². The van der Waals surface area contributed by atoms with Crippen molar-refractivity contribution >= 4 is 17.6 Å². The molecule has 0 amide bonds. The van der Waals surface area contributed by atoms with Crippen LogP contribution in [-0.4, -0.2) is 17.5 Å². The molecule has 1 aliphatic rings. The van der Waals surface area contributed by atoms with Gasteiger partial charge in [-0.1, -0.05) is 0 Å². The molecule has 1 fully saturated rings. The monoisotopic (exact) mass is 148 g/mol. The maximum Gasteiger partial charge on any atom is 0.324 e. The topological polar surface area (TPSA) is 26.3 Å². The van der Waals surface area contributed by atoms with Crippen LogP contribution in [0.5, 0.6) is 0 Å². The Labute approximate surface area is 59.1 Å². The number of halogens is 1. The third-order valence-corrected chi connectivity index (χ3v) is 1.80. The van der Waals surface area contributed by atoms with Crippen molar-refractivity contribution < 1.29 is 9.53 Å². The van der Waals surface area contributed by atoms with Gasteiger partial charge >= 0.3 is 5.97 Å². The van der Waals surface area contributed by atoms with E-state index in [1.165, 1.54) is 0 Å². The van der Waals surface area contributed by atoms with Crippen LogP contribution in [-0.2, 0) is 9.53 Å². The lowest BCUT2D eigenvalue weighted by molar-refractivity contribution is -0.151. The second kappa shape index (κ2) is 2.56. The first kappa shape index (κ1) is 6.87. The standard InChI is InChI=1S/C6H9ClO2/c1-4-2-3-5(7)6(8)9-4/h4-5H,2-3H2,1H3. The molecule has 0 saturated carbocycles. The predicted octanol–water partition coefficient (Wildman–Crippen LogP) is 1.32. The van der Waals surface area contributed by atoms with Gasteiger partial charge in [-0.25, -0.2) is 0 Å². The molecule has 0 N–H and O–H groups in total. The first-order valence-electron chi connectivity index (χ1n) is 3.04. The summed E-state index contributed by atoms with van der Waals surface area (Å²) in [5.41, 5.74) is 0. The van der Waals surface area contributed by atoms with E-state index in [9.17, 15) is 4.79 Å². The van der Waals surface area contributed by atoms with E-state index < -0.39 is 5.38 Å². The van der Waals surface area contributed by atoms with E-state index in [4.69, 9.17) is 16.3 Å². The Morgan fingerprint density at radius 2 is 2.33 bits per heavy atom. The summed E-state index contributed by atoms with van der Waals surface area (Å²) in [6, 6.07) is 0. The SMILES string of the molecule is CC1CCC(Cl)C(=O)O1. The van der Waals surface area contributed by atoms with Crippen LogP contribution < -0.4 is 0 Å². The van der Waals surface area contributed by atoms with Crippen LogP contribution in [0.3, 0.4) is 0 Å². The van der Waals surface area contributed by atoms with Gasteiger partial charge in [-0.05, 0) is 19.8 Å². The van der Waals surface area contributed by atoms with Gasteiger partial charge in [0, 0.05) is 0 Å². The van der Waals surface area contributed by atoms with Gasteiger partial charge in [-0.15, -0.1) is 11.6 Å². The molecule has 52 valence electrons. The second-order valence-corrected chi connectivity index (χ2v) is 2.82. The molecule has 0 aromatic carbocycles. The molecule has 1 saturated heterocycles. The van der Waals surface area contributed by atoms with Gasteiger partial charge in [0.05, 0.1) is 6.10 Å². The average molecular weight is 149 g/mol. The first-order valence-corrected chi connectivity index (χ1v) is 3.48. The normalized spacial score (nSPS) is 36.0. The van der Waals surface area contributed by atoms with Crippen LogP contribution in [0.15, 0.2) is 0 Å². The highest BCUT2D eigenvalue weighted by Crippen LogP contribution is 2.18. The summed E-state index contributed by atoms with van der Waals surface area (Å²) in [7, 11) is 0. The minimum Gasteiger partial charge on any atom is -0.462 e. The lowest BCUT2D eigenvalue weighted by atomic mass is 10.1. The molecule has 0 aromatic heterocycles. The second-order valence-electron chi connectivity index (χ2n) is 2.29. The van der Waals surface area contributed by atoms with E-state index in [0.717, 1.165) is 12.8 Å². The van der Waals surface area contributed by atoms with Crippen LogP contribution in [0.25, 0.3) is 0 Å². The highest BCUT2D eigenvalue weighted by Gasteiger charge is 2.25. The molecule has 2 nitrogen and oxygen atoms in total. The molecule has 3 heteroatoms. The molecule has 9 heavy (non-hydrogen) atoms. The summed E-state index contributed by atoms with van der Waals surface area (Å²) in [6.07, 6.45) is 1.70. The van der Waals surface area contributed by atoms with E-state index in [1.54, 1.807) is 0 Å². The van der Waals surface area contributed by atoms with Crippen molar-refractivity contribution in [2.75, 3.05) is 0 Å². The van der Waals surface area contributed by atoms with Gasteiger partial charge in [0.15, 0.2) is 0 Å².